The topological polar surface area (TPSA) is 123 Å². The van der Waals surface area contributed by atoms with Crippen LogP contribution in [0.15, 0.2) is 30.7 Å². The van der Waals surface area contributed by atoms with Gasteiger partial charge in [-0.2, -0.15) is 0 Å². The number of ether oxygens (including phenoxy) is 1. The minimum Gasteiger partial charge on any atom is -0.474 e. The van der Waals surface area contributed by atoms with Gasteiger partial charge >= 0.3 is 6.09 Å². The van der Waals surface area contributed by atoms with Crippen LogP contribution >= 0.6 is 0 Å². The summed E-state index contributed by atoms with van der Waals surface area (Å²) in [5.41, 5.74) is 5.17. The molecule has 6 heterocycles. The lowest BCUT2D eigenvalue weighted by Crippen LogP contribution is -2.44. The number of hydrogen-bond donors (Lipinski definition) is 2. The van der Waals surface area contributed by atoms with Crippen LogP contribution in [0.5, 0.6) is 5.88 Å². The van der Waals surface area contributed by atoms with Gasteiger partial charge in [0.05, 0.1) is 30.7 Å². The molecule has 3 aromatic rings. The highest BCUT2D eigenvalue weighted by atomic mass is 16.5. The van der Waals surface area contributed by atoms with E-state index in [-0.39, 0.29) is 6.54 Å². The Morgan fingerprint density at radius 2 is 1.89 bits per heavy atom. The number of carboxylic acid groups (broad SMARTS) is 1. The number of nitrogens with zero attached hydrogens (tertiary/aromatic N) is 8. The van der Waals surface area contributed by atoms with Crippen LogP contribution in [-0.2, 0) is 13.0 Å². The summed E-state index contributed by atoms with van der Waals surface area (Å²) in [6, 6.07) is 3.96. The lowest BCUT2D eigenvalue weighted by atomic mass is 10.0. The lowest BCUT2D eigenvalue weighted by Gasteiger charge is -2.34. The first-order valence-corrected chi connectivity index (χ1v) is 12.9. The van der Waals surface area contributed by atoms with Gasteiger partial charge in [0.1, 0.15) is 18.1 Å². The van der Waals surface area contributed by atoms with Crippen molar-refractivity contribution in [3.8, 4) is 5.88 Å². The van der Waals surface area contributed by atoms with E-state index < -0.39 is 6.09 Å². The van der Waals surface area contributed by atoms with Gasteiger partial charge in [-0.25, -0.2) is 24.7 Å². The molecule has 3 aliphatic rings. The molecule has 3 aliphatic heterocycles. The van der Waals surface area contributed by atoms with Crippen molar-refractivity contribution in [1.82, 2.24) is 24.8 Å². The summed E-state index contributed by atoms with van der Waals surface area (Å²) in [6.45, 7) is 7.77. The molecule has 12 heteroatoms. The Morgan fingerprint density at radius 1 is 1.05 bits per heavy atom. The molecule has 0 aromatic carbocycles. The van der Waals surface area contributed by atoms with E-state index in [2.05, 4.69) is 42.0 Å². The van der Waals surface area contributed by atoms with E-state index in [9.17, 15) is 9.90 Å². The Labute approximate surface area is 220 Å². The Bertz CT molecular complexity index is 1360. The maximum absolute atomic E-state index is 11.8. The van der Waals surface area contributed by atoms with Crippen LogP contribution in [0.1, 0.15) is 16.8 Å². The molecule has 0 unspecified atom stereocenters. The highest BCUT2D eigenvalue weighted by Gasteiger charge is 2.30. The fraction of sp³-hybridized carbons (Fsp3) is 0.423. The molecule has 1 amide bonds. The van der Waals surface area contributed by atoms with Crippen LogP contribution in [0.2, 0.25) is 0 Å². The first-order chi connectivity index (χ1) is 18.5. The second kappa shape index (κ2) is 9.93. The number of pyridine rings is 2. The van der Waals surface area contributed by atoms with Gasteiger partial charge in [-0.3, -0.25) is 4.90 Å². The average Bonchev–Trinajstić information content (AvgIpc) is 2.93. The van der Waals surface area contributed by atoms with Crippen LogP contribution in [-0.4, -0.2) is 89.0 Å². The zero-order valence-corrected chi connectivity index (χ0v) is 21.6. The number of nitrogens with one attached hydrogen (secondary N) is 1. The molecule has 0 spiro atoms. The quantitative estimate of drug-likeness (QED) is 0.531. The molecule has 12 nitrogen and oxygen atoms in total. The lowest BCUT2D eigenvalue weighted by molar-refractivity contribution is 0.196. The molecule has 1 saturated heterocycles. The second-order valence-corrected chi connectivity index (χ2v) is 9.86. The van der Waals surface area contributed by atoms with E-state index in [4.69, 9.17) is 9.72 Å². The minimum absolute atomic E-state index is 0.283. The minimum atomic E-state index is -1.00. The normalized spacial score (nSPS) is 17.5. The number of hydrogen-bond acceptors (Lipinski definition) is 10. The third-order valence-corrected chi connectivity index (χ3v) is 7.42. The first-order valence-electron chi connectivity index (χ1n) is 12.9. The Balaban J connectivity index is 1.21. The van der Waals surface area contributed by atoms with Crippen molar-refractivity contribution in [3.05, 3.63) is 47.5 Å². The zero-order valence-electron chi connectivity index (χ0n) is 21.6. The van der Waals surface area contributed by atoms with Gasteiger partial charge in [0, 0.05) is 62.4 Å². The predicted molar refractivity (Wildman–Crippen MR) is 144 cm³/mol. The number of rotatable bonds is 4. The number of aromatic nitrogens is 4. The smallest absolute Gasteiger partial charge is 0.412 e. The fourth-order valence-electron chi connectivity index (χ4n) is 5.24. The Kier molecular flexibility index (Phi) is 6.32. The van der Waals surface area contributed by atoms with E-state index in [0.717, 1.165) is 73.2 Å². The predicted octanol–water partition coefficient (Wildman–Crippen LogP) is 2.51. The average molecular weight is 518 g/mol. The van der Waals surface area contributed by atoms with E-state index in [1.54, 1.807) is 6.20 Å². The van der Waals surface area contributed by atoms with Crippen LogP contribution < -0.4 is 24.8 Å². The van der Waals surface area contributed by atoms with Gasteiger partial charge in [0.15, 0.2) is 0 Å². The van der Waals surface area contributed by atoms with Crippen LogP contribution in [0.4, 0.5) is 33.6 Å². The van der Waals surface area contributed by atoms with Crippen molar-refractivity contribution in [1.29, 1.82) is 0 Å². The molecule has 1 fully saturated rings. The van der Waals surface area contributed by atoms with E-state index in [1.165, 1.54) is 4.90 Å². The fourth-order valence-corrected chi connectivity index (χ4v) is 5.24. The van der Waals surface area contributed by atoms with Gasteiger partial charge < -0.3 is 29.9 Å². The number of anilines is 5. The van der Waals surface area contributed by atoms with E-state index >= 15 is 0 Å². The molecule has 0 atom stereocenters. The number of likely N-dealkylation sites (N-methyl/N-ethyl adjacent to an activating group) is 1. The van der Waals surface area contributed by atoms with Gasteiger partial charge in [-0.05, 0) is 32.0 Å². The number of amides is 1. The molecule has 0 radical (unpaired) electrons. The standard InChI is InChI=1S/C26H31N9O3/c1-17-21(15-28-24-23(17)35(26(36)37)11-12-38-24)34-6-4-18-14-29-25(31-20(18)16-34)30-19-3-5-27-22(13-19)33-9-7-32(2)8-10-33/h3,5,13-15H,4,6-12,16H2,1-2H3,(H,36,37)(H,27,29,30,31). The third-order valence-electron chi connectivity index (χ3n) is 7.42. The molecule has 2 N–H and O–H groups in total. The maximum Gasteiger partial charge on any atom is 0.412 e. The van der Waals surface area contributed by atoms with Crippen molar-refractivity contribution in [2.75, 3.05) is 72.9 Å². The number of piperazine rings is 1. The highest BCUT2D eigenvalue weighted by Crippen LogP contribution is 2.39. The largest absolute Gasteiger partial charge is 0.474 e. The summed E-state index contributed by atoms with van der Waals surface area (Å²) in [5, 5.41) is 13.0. The van der Waals surface area contributed by atoms with Crippen molar-refractivity contribution >= 4 is 34.9 Å². The summed E-state index contributed by atoms with van der Waals surface area (Å²) in [4.78, 5) is 38.4. The van der Waals surface area contributed by atoms with Crippen LogP contribution in [0.25, 0.3) is 0 Å². The second-order valence-electron chi connectivity index (χ2n) is 9.86. The summed E-state index contributed by atoms with van der Waals surface area (Å²) in [5.74, 6) is 1.84. The van der Waals surface area contributed by atoms with Crippen LogP contribution in [0, 0.1) is 6.92 Å². The van der Waals surface area contributed by atoms with Gasteiger partial charge in [-0.1, -0.05) is 0 Å². The summed E-state index contributed by atoms with van der Waals surface area (Å²) >= 11 is 0. The molecule has 6 rings (SSSR count). The summed E-state index contributed by atoms with van der Waals surface area (Å²) < 4.78 is 5.63. The molecule has 0 aliphatic carbocycles. The van der Waals surface area contributed by atoms with Crippen molar-refractivity contribution in [3.63, 3.8) is 0 Å². The SMILES string of the molecule is Cc1c(N2CCc3cnc(Nc4ccnc(N5CCN(C)CC5)c4)nc3C2)cnc2c1N(C(=O)O)CCO2. The Hall–Kier alpha value is -4.19. The third kappa shape index (κ3) is 4.62. The monoisotopic (exact) mass is 517 g/mol. The molecular formula is C26H31N9O3. The first kappa shape index (κ1) is 24.2. The molecular weight excluding hydrogens is 486 g/mol. The number of carbonyl (C=O) groups is 1. The van der Waals surface area contributed by atoms with E-state index in [0.29, 0.717) is 30.7 Å². The number of fused-ring (bicyclic) bond motifs is 2. The molecule has 0 bridgehead atoms. The Morgan fingerprint density at radius 3 is 2.71 bits per heavy atom. The molecule has 198 valence electrons. The van der Waals surface area contributed by atoms with Gasteiger partial charge in [-0.15, -0.1) is 0 Å². The van der Waals surface area contributed by atoms with Crippen LogP contribution in [0.3, 0.4) is 0 Å². The van der Waals surface area contributed by atoms with Gasteiger partial charge in [0.25, 0.3) is 0 Å². The van der Waals surface area contributed by atoms with E-state index in [1.807, 2.05) is 31.5 Å². The maximum atomic E-state index is 11.8. The van der Waals surface area contributed by atoms with Crippen molar-refractivity contribution in [2.45, 2.75) is 19.9 Å². The molecule has 0 saturated carbocycles. The summed E-state index contributed by atoms with van der Waals surface area (Å²) in [7, 11) is 2.14. The van der Waals surface area contributed by atoms with Gasteiger partial charge in [0.2, 0.25) is 11.8 Å². The molecule has 38 heavy (non-hydrogen) atoms. The highest BCUT2D eigenvalue weighted by molar-refractivity contribution is 5.91. The van der Waals surface area contributed by atoms with Crippen molar-refractivity contribution < 1.29 is 14.6 Å². The zero-order chi connectivity index (χ0) is 26.2. The summed E-state index contributed by atoms with van der Waals surface area (Å²) in [6.07, 6.45) is 5.25. The molecule has 3 aromatic heterocycles. The van der Waals surface area contributed by atoms with Crippen molar-refractivity contribution in [2.24, 2.45) is 0 Å².